The summed E-state index contributed by atoms with van der Waals surface area (Å²) in [5.41, 5.74) is 2.83. The fraction of sp³-hybridized carbons (Fsp3) is 0.0625. The number of fused-ring (bicyclic) bond motifs is 1. The zero-order valence-corrected chi connectivity index (χ0v) is 10.5. The van der Waals surface area contributed by atoms with Crippen LogP contribution in [0.1, 0.15) is 0 Å². The molecule has 1 aromatic heterocycles. The van der Waals surface area contributed by atoms with E-state index in [1.165, 1.54) is 6.07 Å². The first-order valence-corrected chi connectivity index (χ1v) is 6.05. The largest absolute Gasteiger partial charge is 0.496 e. The maximum Gasteiger partial charge on any atom is 0.193 e. The number of aromatic amines is 1. The van der Waals surface area contributed by atoms with E-state index in [2.05, 4.69) is 4.98 Å². The van der Waals surface area contributed by atoms with Crippen molar-refractivity contribution in [3.05, 3.63) is 65.0 Å². The van der Waals surface area contributed by atoms with Crippen LogP contribution in [0.15, 0.2) is 59.5 Å². The van der Waals surface area contributed by atoms with Crippen LogP contribution in [0.5, 0.6) is 5.75 Å². The number of benzene rings is 2. The van der Waals surface area contributed by atoms with E-state index in [-0.39, 0.29) is 5.43 Å². The predicted octanol–water partition coefficient (Wildman–Crippen LogP) is 3.20. The highest BCUT2D eigenvalue weighted by molar-refractivity contribution is 5.97. The minimum absolute atomic E-state index is 0.0385. The number of nitrogens with one attached hydrogen (secondary N) is 1. The van der Waals surface area contributed by atoms with Crippen LogP contribution in [0.25, 0.3) is 22.0 Å². The van der Waals surface area contributed by atoms with Gasteiger partial charge in [-0.15, -0.1) is 0 Å². The molecule has 2 aromatic carbocycles. The van der Waals surface area contributed by atoms with Crippen LogP contribution < -0.4 is 10.2 Å². The van der Waals surface area contributed by atoms with Crippen LogP contribution in [0.4, 0.5) is 0 Å². The van der Waals surface area contributed by atoms with E-state index >= 15 is 0 Å². The standard InChI is InChI=1S/C16H13NO2/c1-19-14-8-7-12(11-5-3-2-4-6-11)16-15(14)13(18)9-10-17-16/h2-10H,1H3,(H,17,18). The van der Waals surface area contributed by atoms with Gasteiger partial charge in [0.25, 0.3) is 0 Å². The molecule has 1 N–H and O–H groups in total. The van der Waals surface area contributed by atoms with Crippen molar-refractivity contribution >= 4 is 10.9 Å². The van der Waals surface area contributed by atoms with Gasteiger partial charge in [0, 0.05) is 17.8 Å². The summed E-state index contributed by atoms with van der Waals surface area (Å²) in [7, 11) is 1.57. The van der Waals surface area contributed by atoms with Gasteiger partial charge in [-0.2, -0.15) is 0 Å². The lowest BCUT2D eigenvalue weighted by atomic mass is 10.0. The van der Waals surface area contributed by atoms with Crippen LogP contribution in [0.3, 0.4) is 0 Å². The zero-order chi connectivity index (χ0) is 13.2. The van der Waals surface area contributed by atoms with Gasteiger partial charge in [-0.05, 0) is 17.7 Å². The Labute approximate surface area is 110 Å². The van der Waals surface area contributed by atoms with E-state index in [1.54, 1.807) is 13.3 Å². The molecule has 0 radical (unpaired) electrons. The molecule has 3 nitrogen and oxygen atoms in total. The van der Waals surface area contributed by atoms with Crippen molar-refractivity contribution in [3.63, 3.8) is 0 Å². The minimum atomic E-state index is -0.0385. The number of hydrogen-bond acceptors (Lipinski definition) is 2. The average Bonchev–Trinajstić information content (AvgIpc) is 2.47. The molecule has 0 amide bonds. The first-order valence-electron chi connectivity index (χ1n) is 6.05. The van der Waals surface area contributed by atoms with Crippen molar-refractivity contribution in [1.82, 2.24) is 4.98 Å². The van der Waals surface area contributed by atoms with Crippen LogP contribution in [-0.2, 0) is 0 Å². The van der Waals surface area contributed by atoms with E-state index in [9.17, 15) is 4.79 Å². The fourth-order valence-electron chi connectivity index (χ4n) is 2.29. The zero-order valence-electron chi connectivity index (χ0n) is 10.5. The number of pyridine rings is 1. The van der Waals surface area contributed by atoms with Crippen molar-refractivity contribution in [2.45, 2.75) is 0 Å². The molecule has 0 spiro atoms. The molecule has 0 saturated heterocycles. The Morgan fingerprint density at radius 3 is 2.53 bits per heavy atom. The lowest BCUT2D eigenvalue weighted by Crippen LogP contribution is -2.03. The Hall–Kier alpha value is -2.55. The van der Waals surface area contributed by atoms with E-state index in [4.69, 9.17) is 4.74 Å². The van der Waals surface area contributed by atoms with Crippen molar-refractivity contribution < 1.29 is 4.74 Å². The fourth-order valence-corrected chi connectivity index (χ4v) is 2.29. The number of rotatable bonds is 2. The van der Waals surface area contributed by atoms with E-state index in [1.807, 2.05) is 42.5 Å². The van der Waals surface area contributed by atoms with Crippen LogP contribution in [0, 0.1) is 0 Å². The second kappa shape index (κ2) is 4.61. The minimum Gasteiger partial charge on any atom is -0.496 e. The number of aromatic nitrogens is 1. The SMILES string of the molecule is COc1ccc(-c2ccccc2)c2[nH]ccc(=O)c12. The summed E-state index contributed by atoms with van der Waals surface area (Å²) in [6.07, 6.45) is 1.66. The first kappa shape index (κ1) is 11.5. The summed E-state index contributed by atoms with van der Waals surface area (Å²) >= 11 is 0. The molecule has 0 atom stereocenters. The normalized spacial score (nSPS) is 10.6. The second-order valence-electron chi connectivity index (χ2n) is 4.27. The molecule has 3 rings (SSSR count). The summed E-state index contributed by atoms with van der Waals surface area (Å²) < 4.78 is 5.28. The Bertz CT molecular complexity index is 776. The number of hydrogen-bond donors (Lipinski definition) is 1. The molecule has 19 heavy (non-hydrogen) atoms. The van der Waals surface area contributed by atoms with Gasteiger partial charge in [-0.3, -0.25) is 4.79 Å². The van der Waals surface area contributed by atoms with E-state index in [0.717, 1.165) is 16.6 Å². The maximum absolute atomic E-state index is 12.0. The predicted molar refractivity (Wildman–Crippen MR) is 76.6 cm³/mol. The Morgan fingerprint density at radius 1 is 1.00 bits per heavy atom. The number of H-pyrrole nitrogens is 1. The monoisotopic (exact) mass is 251 g/mol. The van der Waals surface area contributed by atoms with Gasteiger partial charge in [-0.1, -0.05) is 30.3 Å². The van der Waals surface area contributed by atoms with Crippen molar-refractivity contribution in [2.24, 2.45) is 0 Å². The van der Waals surface area contributed by atoms with Gasteiger partial charge in [0.2, 0.25) is 0 Å². The topological polar surface area (TPSA) is 42.1 Å². The van der Waals surface area contributed by atoms with Crippen LogP contribution in [-0.4, -0.2) is 12.1 Å². The summed E-state index contributed by atoms with van der Waals surface area (Å²) in [4.78, 5) is 15.2. The highest BCUT2D eigenvalue weighted by atomic mass is 16.5. The average molecular weight is 251 g/mol. The molecular weight excluding hydrogens is 238 g/mol. The van der Waals surface area contributed by atoms with Crippen molar-refractivity contribution in [2.75, 3.05) is 7.11 Å². The molecule has 0 bridgehead atoms. The number of ether oxygens (including phenoxy) is 1. The molecule has 0 aliphatic heterocycles. The van der Waals surface area contributed by atoms with Gasteiger partial charge >= 0.3 is 0 Å². The third-order valence-corrected chi connectivity index (χ3v) is 3.18. The van der Waals surface area contributed by atoms with Crippen molar-refractivity contribution in [3.8, 4) is 16.9 Å². The summed E-state index contributed by atoms with van der Waals surface area (Å²) in [5, 5.41) is 0.589. The molecule has 0 fully saturated rings. The summed E-state index contributed by atoms with van der Waals surface area (Å²) in [5.74, 6) is 0.594. The Morgan fingerprint density at radius 2 is 1.79 bits per heavy atom. The third kappa shape index (κ3) is 1.89. The molecule has 3 aromatic rings. The van der Waals surface area contributed by atoms with E-state index in [0.29, 0.717) is 11.1 Å². The van der Waals surface area contributed by atoms with Gasteiger partial charge in [0.1, 0.15) is 5.75 Å². The lowest BCUT2D eigenvalue weighted by Gasteiger charge is -2.09. The highest BCUT2D eigenvalue weighted by Gasteiger charge is 2.10. The molecule has 1 heterocycles. The molecule has 3 heteroatoms. The van der Waals surface area contributed by atoms with Crippen LogP contribution >= 0.6 is 0 Å². The smallest absolute Gasteiger partial charge is 0.193 e. The maximum atomic E-state index is 12.0. The molecule has 94 valence electrons. The molecule has 0 unspecified atom stereocenters. The molecule has 0 saturated carbocycles. The first-order chi connectivity index (χ1) is 9.31. The van der Waals surface area contributed by atoms with Gasteiger partial charge < -0.3 is 9.72 Å². The van der Waals surface area contributed by atoms with E-state index < -0.39 is 0 Å². The third-order valence-electron chi connectivity index (χ3n) is 3.18. The van der Waals surface area contributed by atoms with Crippen molar-refractivity contribution in [1.29, 1.82) is 0 Å². The Kier molecular flexibility index (Phi) is 2.80. The van der Waals surface area contributed by atoms with Gasteiger partial charge in [0.15, 0.2) is 5.43 Å². The van der Waals surface area contributed by atoms with Crippen LogP contribution in [0.2, 0.25) is 0 Å². The molecular formula is C16H13NO2. The number of methoxy groups -OCH3 is 1. The highest BCUT2D eigenvalue weighted by Crippen LogP contribution is 2.30. The quantitative estimate of drug-likeness (QED) is 0.760. The van der Waals surface area contributed by atoms with Gasteiger partial charge in [0.05, 0.1) is 18.0 Å². The Balaban J connectivity index is 2.40. The lowest BCUT2D eigenvalue weighted by molar-refractivity contribution is 0.419. The molecule has 0 aliphatic carbocycles. The summed E-state index contributed by atoms with van der Waals surface area (Å²) in [6.45, 7) is 0. The summed E-state index contributed by atoms with van der Waals surface area (Å²) in [6, 6.07) is 15.3. The second-order valence-corrected chi connectivity index (χ2v) is 4.27. The molecule has 0 aliphatic rings. The van der Waals surface area contributed by atoms with Gasteiger partial charge in [-0.25, -0.2) is 0 Å².